The van der Waals surface area contributed by atoms with Crippen molar-refractivity contribution in [3.05, 3.63) is 28.2 Å². The first-order valence-corrected chi connectivity index (χ1v) is 6.68. The molecule has 1 heterocycles. The van der Waals surface area contributed by atoms with E-state index in [4.69, 9.17) is 0 Å². The highest BCUT2D eigenvalue weighted by molar-refractivity contribution is 9.10. The monoisotopic (exact) mass is 296 g/mol. The van der Waals surface area contributed by atoms with E-state index in [9.17, 15) is 4.79 Å². The number of benzene rings is 1. The normalized spacial score (nSPS) is 17.9. The second-order valence-electron chi connectivity index (χ2n) is 4.46. The molecule has 0 bridgehead atoms. The Morgan fingerprint density at radius 3 is 2.82 bits per heavy atom. The first kappa shape index (κ1) is 12.6. The van der Waals surface area contributed by atoms with Crippen LogP contribution in [0.5, 0.6) is 0 Å². The highest BCUT2D eigenvalue weighted by Gasteiger charge is 2.15. The molecule has 0 aliphatic carbocycles. The molecule has 1 aromatic rings. The van der Waals surface area contributed by atoms with Gasteiger partial charge in [-0.1, -0.05) is 15.9 Å². The minimum atomic E-state index is 0.768. The molecule has 1 aliphatic rings. The molecule has 1 aromatic carbocycles. The molecule has 0 amide bonds. The summed E-state index contributed by atoms with van der Waals surface area (Å²) in [5, 5.41) is 0. The highest BCUT2D eigenvalue weighted by Crippen LogP contribution is 2.24. The molecule has 0 aromatic heterocycles. The van der Waals surface area contributed by atoms with Crippen LogP contribution in [0.2, 0.25) is 0 Å². The summed E-state index contributed by atoms with van der Waals surface area (Å²) in [7, 11) is 2.14. The third-order valence-corrected chi connectivity index (χ3v) is 3.67. The van der Waals surface area contributed by atoms with Crippen LogP contribution in [-0.4, -0.2) is 44.4 Å². The summed E-state index contributed by atoms with van der Waals surface area (Å²) in [5.41, 5.74) is 1.82. The van der Waals surface area contributed by atoms with Gasteiger partial charge in [0.15, 0.2) is 6.29 Å². The van der Waals surface area contributed by atoms with Crippen molar-refractivity contribution in [2.75, 3.05) is 38.1 Å². The van der Waals surface area contributed by atoms with Gasteiger partial charge in [-0.3, -0.25) is 4.79 Å². The molecule has 17 heavy (non-hydrogen) atoms. The minimum Gasteiger partial charge on any atom is -0.370 e. The Kier molecular flexibility index (Phi) is 4.18. The summed E-state index contributed by atoms with van der Waals surface area (Å²) in [6.07, 6.45) is 2.08. The van der Waals surface area contributed by atoms with Gasteiger partial charge in [-0.05, 0) is 38.2 Å². The zero-order chi connectivity index (χ0) is 12.3. The van der Waals surface area contributed by atoms with Gasteiger partial charge in [0, 0.05) is 35.4 Å². The number of aldehydes is 1. The summed E-state index contributed by atoms with van der Waals surface area (Å²) in [6.45, 7) is 4.18. The van der Waals surface area contributed by atoms with Crippen LogP contribution in [-0.2, 0) is 0 Å². The highest BCUT2D eigenvalue weighted by atomic mass is 79.9. The first-order chi connectivity index (χ1) is 8.20. The number of hydrogen-bond donors (Lipinski definition) is 0. The SMILES string of the molecule is CN1CCCN(c2ccc(Br)cc2C=O)CC1. The fourth-order valence-electron chi connectivity index (χ4n) is 2.20. The van der Waals surface area contributed by atoms with E-state index in [-0.39, 0.29) is 0 Å². The average molecular weight is 297 g/mol. The molecule has 1 fully saturated rings. The Bertz CT molecular complexity index is 408. The van der Waals surface area contributed by atoms with E-state index in [0.717, 1.165) is 54.6 Å². The Labute approximate surface area is 111 Å². The van der Waals surface area contributed by atoms with Gasteiger partial charge in [-0.2, -0.15) is 0 Å². The minimum absolute atomic E-state index is 0.768. The van der Waals surface area contributed by atoms with Crippen LogP contribution in [0, 0.1) is 0 Å². The maximum absolute atomic E-state index is 11.1. The fourth-order valence-corrected chi connectivity index (χ4v) is 2.57. The smallest absolute Gasteiger partial charge is 0.152 e. The van der Waals surface area contributed by atoms with Crippen LogP contribution in [0.4, 0.5) is 5.69 Å². The first-order valence-electron chi connectivity index (χ1n) is 5.89. The Hall–Kier alpha value is -0.870. The zero-order valence-electron chi connectivity index (χ0n) is 10.0. The third kappa shape index (κ3) is 3.07. The molecule has 0 radical (unpaired) electrons. The van der Waals surface area contributed by atoms with Crippen molar-refractivity contribution < 1.29 is 4.79 Å². The molecule has 0 N–H and O–H groups in total. The zero-order valence-corrected chi connectivity index (χ0v) is 11.6. The summed E-state index contributed by atoms with van der Waals surface area (Å²) >= 11 is 3.40. The van der Waals surface area contributed by atoms with Gasteiger partial charge in [-0.25, -0.2) is 0 Å². The molecule has 4 heteroatoms. The van der Waals surface area contributed by atoms with E-state index in [1.807, 2.05) is 18.2 Å². The largest absolute Gasteiger partial charge is 0.370 e. The second kappa shape index (κ2) is 5.65. The van der Waals surface area contributed by atoms with Crippen molar-refractivity contribution in [2.24, 2.45) is 0 Å². The van der Waals surface area contributed by atoms with Crippen molar-refractivity contribution in [3.8, 4) is 0 Å². The van der Waals surface area contributed by atoms with Gasteiger partial charge in [0.05, 0.1) is 0 Å². The average Bonchev–Trinajstić information content (AvgIpc) is 2.54. The van der Waals surface area contributed by atoms with Crippen LogP contribution in [0.3, 0.4) is 0 Å². The Morgan fingerprint density at radius 1 is 1.24 bits per heavy atom. The molecule has 0 spiro atoms. The predicted octanol–water partition coefficient (Wildman–Crippen LogP) is 2.40. The summed E-state index contributed by atoms with van der Waals surface area (Å²) < 4.78 is 0.954. The Balaban J connectivity index is 2.23. The molecule has 2 rings (SSSR count). The number of carbonyl (C=O) groups excluding carboxylic acids is 1. The van der Waals surface area contributed by atoms with E-state index >= 15 is 0 Å². The van der Waals surface area contributed by atoms with Gasteiger partial charge in [0.2, 0.25) is 0 Å². The third-order valence-electron chi connectivity index (χ3n) is 3.18. The number of halogens is 1. The summed E-state index contributed by atoms with van der Waals surface area (Å²) in [6, 6.07) is 5.91. The lowest BCUT2D eigenvalue weighted by atomic mass is 10.1. The molecule has 0 unspecified atom stereocenters. The van der Waals surface area contributed by atoms with Crippen LogP contribution < -0.4 is 4.90 Å². The maximum Gasteiger partial charge on any atom is 0.152 e. The predicted molar refractivity (Wildman–Crippen MR) is 73.9 cm³/mol. The number of hydrogen-bond acceptors (Lipinski definition) is 3. The van der Waals surface area contributed by atoms with Crippen molar-refractivity contribution in [1.29, 1.82) is 0 Å². The van der Waals surface area contributed by atoms with Crippen LogP contribution in [0.25, 0.3) is 0 Å². The van der Waals surface area contributed by atoms with Crippen molar-refractivity contribution >= 4 is 27.9 Å². The lowest BCUT2D eigenvalue weighted by Gasteiger charge is -2.24. The lowest BCUT2D eigenvalue weighted by molar-refractivity contribution is 0.112. The van der Waals surface area contributed by atoms with Gasteiger partial charge < -0.3 is 9.80 Å². The molecule has 0 saturated carbocycles. The number of rotatable bonds is 2. The van der Waals surface area contributed by atoms with E-state index < -0.39 is 0 Å². The van der Waals surface area contributed by atoms with Crippen molar-refractivity contribution in [1.82, 2.24) is 4.90 Å². The number of nitrogens with zero attached hydrogens (tertiary/aromatic N) is 2. The topological polar surface area (TPSA) is 23.6 Å². The Morgan fingerprint density at radius 2 is 2.06 bits per heavy atom. The molecular formula is C13H17BrN2O. The molecule has 92 valence electrons. The molecule has 0 atom stereocenters. The molecular weight excluding hydrogens is 280 g/mol. The molecule has 1 saturated heterocycles. The summed E-state index contributed by atoms with van der Waals surface area (Å²) in [4.78, 5) is 15.8. The van der Waals surface area contributed by atoms with E-state index in [2.05, 4.69) is 32.8 Å². The summed E-state index contributed by atoms with van der Waals surface area (Å²) in [5.74, 6) is 0. The van der Waals surface area contributed by atoms with Crippen LogP contribution >= 0.6 is 15.9 Å². The second-order valence-corrected chi connectivity index (χ2v) is 5.38. The lowest BCUT2D eigenvalue weighted by Crippen LogP contribution is -2.29. The standard InChI is InChI=1S/C13H17BrN2O/c1-15-5-2-6-16(8-7-15)13-4-3-12(14)9-11(13)10-17/h3-4,9-10H,2,5-8H2,1H3. The van der Waals surface area contributed by atoms with E-state index in [1.165, 1.54) is 0 Å². The van der Waals surface area contributed by atoms with E-state index in [0.29, 0.717) is 0 Å². The van der Waals surface area contributed by atoms with E-state index in [1.54, 1.807) is 0 Å². The van der Waals surface area contributed by atoms with Crippen LogP contribution in [0.1, 0.15) is 16.8 Å². The quantitative estimate of drug-likeness (QED) is 0.783. The molecule has 3 nitrogen and oxygen atoms in total. The van der Waals surface area contributed by atoms with Gasteiger partial charge >= 0.3 is 0 Å². The number of anilines is 1. The molecule has 1 aliphatic heterocycles. The fraction of sp³-hybridized carbons (Fsp3) is 0.462. The number of carbonyl (C=O) groups is 1. The maximum atomic E-state index is 11.1. The van der Waals surface area contributed by atoms with Gasteiger partial charge in [-0.15, -0.1) is 0 Å². The van der Waals surface area contributed by atoms with Gasteiger partial charge in [0.25, 0.3) is 0 Å². The van der Waals surface area contributed by atoms with Crippen molar-refractivity contribution in [2.45, 2.75) is 6.42 Å². The van der Waals surface area contributed by atoms with Crippen LogP contribution in [0.15, 0.2) is 22.7 Å². The number of likely N-dealkylation sites (N-methyl/N-ethyl adjacent to an activating group) is 1. The van der Waals surface area contributed by atoms with Crippen molar-refractivity contribution in [3.63, 3.8) is 0 Å². The van der Waals surface area contributed by atoms with Gasteiger partial charge in [0.1, 0.15) is 0 Å².